The predicted molar refractivity (Wildman–Crippen MR) is 110 cm³/mol. The van der Waals surface area contributed by atoms with Gasteiger partial charge in [-0.05, 0) is 42.0 Å². The van der Waals surface area contributed by atoms with Gasteiger partial charge in [-0.1, -0.05) is 6.07 Å². The number of nitrogen functional groups attached to an aromatic ring is 1. The average Bonchev–Trinajstić information content (AvgIpc) is 3.17. The highest BCUT2D eigenvalue weighted by molar-refractivity contribution is 5.89. The van der Waals surface area contributed by atoms with Crippen molar-refractivity contribution in [3.05, 3.63) is 54.4 Å². The van der Waals surface area contributed by atoms with Crippen LogP contribution in [0.3, 0.4) is 0 Å². The summed E-state index contributed by atoms with van der Waals surface area (Å²) in [6, 6.07) is 13.0. The predicted octanol–water partition coefficient (Wildman–Crippen LogP) is 3.10. The number of hydrogen-bond acceptors (Lipinski definition) is 8. The fraction of sp³-hybridized carbons (Fsp3) is 0.150. The maximum atomic E-state index is 11.1. The number of hydrogen-bond donors (Lipinski definition) is 4. The van der Waals surface area contributed by atoms with E-state index in [0.29, 0.717) is 29.6 Å². The first-order valence-electron chi connectivity index (χ1n) is 8.96. The second-order valence-electron chi connectivity index (χ2n) is 6.41. The van der Waals surface area contributed by atoms with Gasteiger partial charge >= 0.3 is 0 Å². The number of benzene rings is 2. The number of fused-ring (bicyclic) bond motifs is 1. The molecule has 0 spiro atoms. The van der Waals surface area contributed by atoms with Gasteiger partial charge in [-0.15, -0.1) is 0 Å². The normalized spacial score (nSPS) is 11.8. The highest BCUT2D eigenvalue weighted by Crippen LogP contribution is 2.33. The standard InChI is InChI=1S/C20H20N6O3/c1-12(27)25-14-3-5-15(6-4-14)26-20-18(21)19(23-10-24-20)22-9-13-2-7-16-17(8-13)29-11-28-16/h2-8,10H,9,11,21H2,1H3,(H,25,27)(H2,22,23,24,26). The van der Waals surface area contributed by atoms with Crippen LogP contribution in [0.25, 0.3) is 0 Å². The molecule has 1 amide bonds. The second-order valence-corrected chi connectivity index (χ2v) is 6.41. The number of carbonyl (C=O) groups excluding carboxylic acids is 1. The molecule has 4 rings (SSSR count). The van der Waals surface area contributed by atoms with Gasteiger partial charge in [0.15, 0.2) is 23.1 Å². The molecule has 0 bridgehead atoms. The Hall–Kier alpha value is -4.01. The van der Waals surface area contributed by atoms with Crippen molar-refractivity contribution in [1.29, 1.82) is 0 Å². The zero-order valence-electron chi connectivity index (χ0n) is 15.7. The van der Waals surface area contributed by atoms with Crippen molar-refractivity contribution in [2.24, 2.45) is 0 Å². The minimum atomic E-state index is -0.121. The molecule has 0 atom stereocenters. The molecule has 0 saturated heterocycles. The van der Waals surface area contributed by atoms with Crippen LogP contribution in [-0.2, 0) is 11.3 Å². The molecule has 2 aromatic carbocycles. The summed E-state index contributed by atoms with van der Waals surface area (Å²) >= 11 is 0. The molecule has 5 N–H and O–H groups in total. The van der Waals surface area contributed by atoms with E-state index in [1.54, 1.807) is 12.1 Å². The number of nitrogens with one attached hydrogen (secondary N) is 3. The lowest BCUT2D eigenvalue weighted by molar-refractivity contribution is -0.114. The molecule has 3 aromatic rings. The molecule has 9 nitrogen and oxygen atoms in total. The zero-order valence-corrected chi connectivity index (χ0v) is 15.7. The number of aromatic nitrogens is 2. The van der Waals surface area contributed by atoms with Crippen molar-refractivity contribution in [3.63, 3.8) is 0 Å². The largest absolute Gasteiger partial charge is 0.454 e. The van der Waals surface area contributed by atoms with Gasteiger partial charge in [-0.3, -0.25) is 4.79 Å². The zero-order chi connectivity index (χ0) is 20.2. The average molecular weight is 392 g/mol. The molecule has 1 aliphatic heterocycles. The molecular weight excluding hydrogens is 372 g/mol. The minimum absolute atomic E-state index is 0.121. The minimum Gasteiger partial charge on any atom is -0.454 e. The Morgan fingerprint density at radius 2 is 1.76 bits per heavy atom. The summed E-state index contributed by atoms with van der Waals surface area (Å²) in [6.07, 6.45) is 1.44. The molecule has 9 heteroatoms. The van der Waals surface area contributed by atoms with Crippen molar-refractivity contribution in [2.45, 2.75) is 13.5 Å². The van der Waals surface area contributed by atoms with Crippen LogP contribution >= 0.6 is 0 Å². The fourth-order valence-corrected chi connectivity index (χ4v) is 2.85. The van der Waals surface area contributed by atoms with Gasteiger partial charge in [0.25, 0.3) is 0 Å². The van der Waals surface area contributed by atoms with E-state index in [1.165, 1.54) is 13.3 Å². The number of nitrogens with zero attached hydrogens (tertiary/aromatic N) is 2. The molecule has 0 saturated carbocycles. The first-order valence-corrected chi connectivity index (χ1v) is 8.96. The third-order valence-electron chi connectivity index (χ3n) is 4.25. The Balaban J connectivity index is 1.43. The summed E-state index contributed by atoms with van der Waals surface area (Å²) in [5.41, 5.74) is 9.14. The highest BCUT2D eigenvalue weighted by Gasteiger charge is 2.14. The number of carbonyl (C=O) groups is 1. The van der Waals surface area contributed by atoms with E-state index in [1.807, 2.05) is 30.3 Å². The Morgan fingerprint density at radius 3 is 2.55 bits per heavy atom. The van der Waals surface area contributed by atoms with E-state index < -0.39 is 0 Å². The van der Waals surface area contributed by atoms with Gasteiger partial charge in [-0.25, -0.2) is 9.97 Å². The summed E-state index contributed by atoms with van der Waals surface area (Å²) in [4.78, 5) is 19.5. The van der Waals surface area contributed by atoms with Crippen LogP contribution in [-0.4, -0.2) is 22.7 Å². The van der Waals surface area contributed by atoms with E-state index in [0.717, 1.165) is 22.7 Å². The number of anilines is 5. The van der Waals surface area contributed by atoms with Crippen LogP contribution in [0.1, 0.15) is 12.5 Å². The van der Waals surface area contributed by atoms with Crippen LogP contribution in [0.2, 0.25) is 0 Å². The first-order chi connectivity index (χ1) is 14.1. The number of ether oxygens (including phenoxy) is 2. The molecule has 2 heterocycles. The summed E-state index contributed by atoms with van der Waals surface area (Å²) in [6.45, 7) is 2.22. The SMILES string of the molecule is CC(=O)Nc1ccc(Nc2ncnc(NCc3ccc4c(c3)OCO4)c2N)cc1. The van der Waals surface area contributed by atoms with Crippen molar-refractivity contribution in [2.75, 3.05) is 28.5 Å². The van der Waals surface area contributed by atoms with Gasteiger partial charge < -0.3 is 31.2 Å². The Bertz CT molecular complexity index is 1040. The lowest BCUT2D eigenvalue weighted by Gasteiger charge is -2.13. The number of rotatable bonds is 6. The molecule has 0 aliphatic carbocycles. The Labute approximate surface area is 167 Å². The highest BCUT2D eigenvalue weighted by atomic mass is 16.7. The summed E-state index contributed by atoms with van der Waals surface area (Å²) in [7, 11) is 0. The van der Waals surface area contributed by atoms with E-state index in [9.17, 15) is 4.79 Å². The lowest BCUT2D eigenvalue weighted by atomic mass is 10.2. The number of amides is 1. The maximum Gasteiger partial charge on any atom is 0.231 e. The molecule has 0 unspecified atom stereocenters. The van der Waals surface area contributed by atoms with Crippen LogP contribution in [0.4, 0.5) is 28.7 Å². The molecular formula is C20H20N6O3. The van der Waals surface area contributed by atoms with Gasteiger partial charge in [-0.2, -0.15) is 0 Å². The van der Waals surface area contributed by atoms with E-state index in [4.69, 9.17) is 15.2 Å². The topological polar surface area (TPSA) is 123 Å². The molecule has 29 heavy (non-hydrogen) atoms. The van der Waals surface area contributed by atoms with Crippen LogP contribution < -0.4 is 31.2 Å². The van der Waals surface area contributed by atoms with E-state index >= 15 is 0 Å². The van der Waals surface area contributed by atoms with Gasteiger partial charge in [0, 0.05) is 24.8 Å². The van der Waals surface area contributed by atoms with Crippen LogP contribution in [0.15, 0.2) is 48.8 Å². The maximum absolute atomic E-state index is 11.1. The molecule has 0 radical (unpaired) electrons. The van der Waals surface area contributed by atoms with Gasteiger partial charge in [0.1, 0.15) is 12.0 Å². The van der Waals surface area contributed by atoms with Crippen molar-refractivity contribution in [1.82, 2.24) is 9.97 Å². The number of nitrogens with two attached hydrogens (primary N) is 1. The van der Waals surface area contributed by atoms with Gasteiger partial charge in [0.05, 0.1) is 0 Å². The van der Waals surface area contributed by atoms with Gasteiger partial charge in [0.2, 0.25) is 12.7 Å². The molecule has 148 valence electrons. The lowest BCUT2D eigenvalue weighted by Crippen LogP contribution is -2.08. The van der Waals surface area contributed by atoms with Crippen molar-refractivity contribution < 1.29 is 14.3 Å². The van der Waals surface area contributed by atoms with E-state index in [-0.39, 0.29) is 12.7 Å². The summed E-state index contributed by atoms with van der Waals surface area (Å²) in [5.74, 6) is 2.36. The molecule has 1 aromatic heterocycles. The molecule has 0 fully saturated rings. The second kappa shape index (κ2) is 7.93. The Morgan fingerprint density at radius 1 is 1.03 bits per heavy atom. The van der Waals surface area contributed by atoms with Crippen LogP contribution in [0, 0.1) is 0 Å². The van der Waals surface area contributed by atoms with E-state index in [2.05, 4.69) is 25.9 Å². The quantitative estimate of drug-likeness (QED) is 0.505. The first kappa shape index (κ1) is 18.4. The summed E-state index contributed by atoms with van der Waals surface area (Å²) in [5, 5.41) is 9.10. The monoisotopic (exact) mass is 392 g/mol. The Kier molecular flexibility index (Phi) is 5.02. The van der Waals surface area contributed by atoms with Crippen LogP contribution in [0.5, 0.6) is 11.5 Å². The molecule has 1 aliphatic rings. The third-order valence-corrected chi connectivity index (χ3v) is 4.25. The fourth-order valence-electron chi connectivity index (χ4n) is 2.85. The third kappa shape index (κ3) is 4.29. The smallest absolute Gasteiger partial charge is 0.231 e. The summed E-state index contributed by atoms with van der Waals surface area (Å²) < 4.78 is 10.7. The van der Waals surface area contributed by atoms with Crippen molar-refractivity contribution in [3.8, 4) is 11.5 Å². The van der Waals surface area contributed by atoms with Crippen molar-refractivity contribution >= 4 is 34.6 Å².